The van der Waals surface area contributed by atoms with Crippen molar-refractivity contribution < 1.29 is 14.6 Å². The minimum atomic E-state index is -0.913. The van der Waals surface area contributed by atoms with E-state index in [4.69, 9.17) is 9.84 Å². The molecule has 1 saturated heterocycles. The van der Waals surface area contributed by atoms with Gasteiger partial charge in [-0.2, -0.15) is 0 Å². The fraction of sp³-hybridized carbons (Fsp3) is 0.500. The van der Waals surface area contributed by atoms with Crippen LogP contribution in [0.3, 0.4) is 0 Å². The fourth-order valence-corrected chi connectivity index (χ4v) is 3.26. The van der Waals surface area contributed by atoms with Crippen molar-refractivity contribution >= 4 is 23.4 Å². The highest BCUT2D eigenvalue weighted by molar-refractivity contribution is 7.10. The molecular formula is C14H19NO3S. The van der Waals surface area contributed by atoms with E-state index in [-0.39, 0.29) is 12.2 Å². The van der Waals surface area contributed by atoms with Crippen molar-refractivity contribution in [3.63, 3.8) is 0 Å². The summed E-state index contributed by atoms with van der Waals surface area (Å²) in [5, 5.41) is 10.6. The first-order valence-corrected chi connectivity index (χ1v) is 7.27. The Morgan fingerprint density at radius 3 is 2.84 bits per heavy atom. The van der Waals surface area contributed by atoms with E-state index in [0.717, 1.165) is 25.2 Å². The summed E-state index contributed by atoms with van der Waals surface area (Å²) in [5.74, 6) is -0.913. The molecule has 1 N–H and O–H groups in total. The minimum absolute atomic E-state index is 0.273. The van der Waals surface area contributed by atoms with E-state index in [1.807, 2.05) is 5.38 Å². The molecule has 0 aliphatic carbocycles. The van der Waals surface area contributed by atoms with E-state index in [0.29, 0.717) is 0 Å². The van der Waals surface area contributed by atoms with Crippen molar-refractivity contribution in [2.45, 2.75) is 32.6 Å². The lowest BCUT2D eigenvalue weighted by atomic mass is 10.2. The van der Waals surface area contributed by atoms with E-state index in [9.17, 15) is 4.79 Å². The monoisotopic (exact) mass is 281 g/mol. The highest BCUT2D eigenvalue weighted by atomic mass is 32.1. The van der Waals surface area contributed by atoms with Crippen LogP contribution >= 0.6 is 11.3 Å². The van der Waals surface area contributed by atoms with Crippen LogP contribution in [0.25, 0.3) is 6.08 Å². The molecule has 0 radical (unpaired) electrons. The summed E-state index contributed by atoms with van der Waals surface area (Å²) < 4.78 is 5.71. The largest absolute Gasteiger partial charge is 0.478 e. The van der Waals surface area contributed by atoms with Crippen LogP contribution in [0.1, 0.15) is 24.3 Å². The van der Waals surface area contributed by atoms with Crippen molar-refractivity contribution in [3.05, 3.63) is 28.0 Å². The van der Waals surface area contributed by atoms with Crippen LogP contribution in [0.5, 0.6) is 0 Å². The van der Waals surface area contributed by atoms with Gasteiger partial charge >= 0.3 is 5.97 Å². The molecule has 2 atom stereocenters. The molecule has 19 heavy (non-hydrogen) atoms. The molecule has 5 heteroatoms. The third-order valence-electron chi connectivity index (χ3n) is 2.97. The summed E-state index contributed by atoms with van der Waals surface area (Å²) in [6, 6.07) is 2.05. The molecule has 0 aromatic carbocycles. The Hall–Kier alpha value is -1.17. The number of thiophene rings is 1. The number of ether oxygens (including phenoxy) is 1. The average molecular weight is 281 g/mol. The Balaban J connectivity index is 1.94. The number of carbonyl (C=O) groups is 1. The van der Waals surface area contributed by atoms with E-state index >= 15 is 0 Å². The molecule has 0 spiro atoms. The Kier molecular flexibility index (Phi) is 4.74. The zero-order chi connectivity index (χ0) is 13.8. The summed E-state index contributed by atoms with van der Waals surface area (Å²) in [7, 11) is 0. The predicted molar refractivity (Wildman–Crippen MR) is 76.3 cm³/mol. The fourth-order valence-electron chi connectivity index (χ4n) is 2.37. The third kappa shape index (κ3) is 4.45. The number of carboxylic acid groups (broad SMARTS) is 1. The summed E-state index contributed by atoms with van der Waals surface area (Å²) in [4.78, 5) is 14.1. The molecule has 0 bridgehead atoms. The summed E-state index contributed by atoms with van der Waals surface area (Å²) in [6.45, 7) is 6.99. The molecule has 0 amide bonds. The maximum absolute atomic E-state index is 10.5. The molecular weight excluding hydrogens is 262 g/mol. The van der Waals surface area contributed by atoms with Gasteiger partial charge in [-0.15, -0.1) is 11.3 Å². The number of hydrogen-bond acceptors (Lipinski definition) is 4. The number of aliphatic carboxylic acids is 1. The number of hydrogen-bond donors (Lipinski definition) is 1. The van der Waals surface area contributed by atoms with E-state index < -0.39 is 5.97 Å². The number of nitrogens with zero attached hydrogens (tertiary/aromatic N) is 1. The van der Waals surface area contributed by atoms with Crippen LogP contribution in [0.2, 0.25) is 0 Å². The maximum atomic E-state index is 10.5. The van der Waals surface area contributed by atoms with Crippen molar-refractivity contribution in [3.8, 4) is 0 Å². The number of rotatable bonds is 4. The Morgan fingerprint density at radius 1 is 1.53 bits per heavy atom. The van der Waals surface area contributed by atoms with Crippen LogP contribution in [-0.4, -0.2) is 41.3 Å². The van der Waals surface area contributed by atoms with Gasteiger partial charge in [-0.25, -0.2) is 4.79 Å². The molecule has 1 aliphatic heterocycles. The van der Waals surface area contributed by atoms with Gasteiger partial charge in [-0.1, -0.05) is 0 Å². The second kappa shape index (κ2) is 6.32. The van der Waals surface area contributed by atoms with Gasteiger partial charge in [-0.05, 0) is 36.9 Å². The lowest BCUT2D eigenvalue weighted by molar-refractivity contribution is -0.131. The second-order valence-corrected chi connectivity index (χ2v) is 5.97. The van der Waals surface area contributed by atoms with E-state index in [1.165, 1.54) is 11.0 Å². The zero-order valence-electron chi connectivity index (χ0n) is 11.2. The SMILES string of the molecule is C[C@@H]1CN(Cc2cc(/C=C/C(=O)O)cs2)C[C@H](C)O1. The molecule has 1 aliphatic rings. The van der Waals surface area contributed by atoms with E-state index in [2.05, 4.69) is 24.8 Å². The lowest BCUT2D eigenvalue weighted by Crippen LogP contribution is -2.44. The highest BCUT2D eigenvalue weighted by Gasteiger charge is 2.22. The number of carboxylic acids is 1. The maximum Gasteiger partial charge on any atom is 0.328 e. The van der Waals surface area contributed by atoms with Crippen molar-refractivity contribution in [1.29, 1.82) is 0 Å². The first-order valence-electron chi connectivity index (χ1n) is 6.39. The van der Waals surface area contributed by atoms with Gasteiger partial charge in [0.1, 0.15) is 0 Å². The van der Waals surface area contributed by atoms with Gasteiger partial charge in [0.15, 0.2) is 0 Å². The zero-order valence-corrected chi connectivity index (χ0v) is 12.0. The van der Waals surface area contributed by atoms with Gasteiger partial charge in [0.05, 0.1) is 12.2 Å². The lowest BCUT2D eigenvalue weighted by Gasteiger charge is -2.34. The molecule has 0 saturated carbocycles. The summed E-state index contributed by atoms with van der Waals surface area (Å²) in [6.07, 6.45) is 3.35. The first kappa shape index (κ1) is 14.2. The smallest absolute Gasteiger partial charge is 0.328 e. The Bertz CT molecular complexity index is 459. The topological polar surface area (TPSA) is 49.8 Å². The van der Waals surface area contributed by atoms with E-state index in [1.54, 1.807) is 17.4 Å². The molecule has 1 aromatic heterocycles. The highest BCUT2D eigenvalue weighted by Crippen LogP contribution is 2.20. The standard InChI is InChI=1S/C14H19NO3S/c1-10-6-15(7-11(2)18-10)8-13-5-12(9-19-13)3-4-14(16)17/h3-5,9-11H,6-8H2,1-2H3,(H,16,17)/b4-3+/t10-,11+. The van der Waals surface area contributed by atoms with Crippen LogP contribution in [0.4, 0.5) is 0 Å². The second-order valence-electron chi connectivity index (χ2n) is 4.97. The Morgan fingerprint density at radius 2 is 2.21 bits per heavy atom. The molecule has 2 rings (SSSR count). The van der Waals surface area contributed by atoms with Gasteiger partial charge in [0.2, 0.25) is 0 Å². The van der Waals surface area contributed by atoms with Crippen LogP contribution in [0, 0.1) is 0 Å². The van der Waals surface area contributed by atoms with Gasteiger partial charge in [-0.3, -0.25) is 4.90 Å². The molecule has 0 unspecified atom stereocenters. The van der Waals surface area contributed by atoms with Crippen LogP contribution in [0.15, 0.2) is 17.5 Å². The minimum Gasteiger partial charge on any atom is -0.478 e. The molecule has 2 heterocycles. The molecule has 1 fully saturated rings. The van der Waals surface area contributed by atoms with Crippen molar-refractivity contribution in [2.75, 3.05) is 13.1 Å². The first-order chi connectivity index (χ1) is 9.02. The average Bonchev–Trinajstić information content (AvgIpc) is 2.72. The summed E-state index contributed by atoms with van der Waals surface area (Å²) in [5.41, 5.74) is 0.955. The molecule has 1 aromatic rings. The number of morpholine rings is 1. The Labute approximate surface area is 117 Å². The van der Waals surface area contributed by atoms with Crippen molar-refractivity contribution in [1.82, 2.24) is 4.90 Å². The van der Waals surface area contributed by atoms with Gasteiger partial charge in [0, 0.05) is 30.6 Å². The van der Waals surface area contributed by atoms with Gasteiger partial charge in [0.25, 0.3) is 0 Å². The van der Waals surface area contributed by atoms with Gasteiger partial charge < -0.3 is 9.84 Å². The molecule has 4 nitrogen and oxygen atoms in total. The van der Waals surface area contributed by atoms with Crippen LogP contribution in [-0.2, 0) is 16.1 Å². The predicted octanol–water partition coefficient (Wildman–Crippen LogP) is 2.46. The van der Waals surface area contributed by atoms with Crippen molar-refractivity contribution in [2.24, 2.45) is 0 Å². The molecule has 104 valence electrons. The normalized spacial score (nSPS) is 24.9. The quantitative estimate of drug-likeness (QED) is 0.861. The van der Waals surface area contributed by atoms with Crippen LogP contribution < -0.4 is 0 Å². The summed E-state index contributed by atoms with van der Waals surface area (Å²) >= 11 is 1.67. The third-order valence-corrected chi connectivity index (χ3v) is 3.91.